The summed E-state index contributed by atoms with van der Waals surface area (Å²) in [6.45, 7) is -0.452. The van der Waals surface area contributed by atoms with Gasteiger partial charge in [-0.15, -0.1) is 0 Å². The molecule has 0 saturated heterocycles. The van der Waals surface area contributed by atoms with E-state index in [1.807, 2.05) is 18.2 Å². The molecular weight excluding hydrogens is 386 g/mol. The molecule has 1 aliphatic carbocycles. The number of benzene rings is 2. The fourth-order valence-electron chi connectivity index (χ4n) is 3.42. The van der Waals surface area contributed by atoms with Crippen LogP contribution >= 0.6 is 0 Å². The van der Waals surface area contributed by atoms with Gasteiger partial charge in [-0.3, -0.25) is 14.4 Å². The minimum Gasteiger partial charge on any atom is -0.497 e. The van der Waals surface area contributed by atoms with E-state index in [0.29, 0.717) is 22.7 Å². The molecule has 30 heavy (non-hydrogen) atoms. The first kappa shape index (κ1) is 21.4. The molecular formula is C23H25NO6. The molecule has 7 heteroatoms. The standard InChI is InChI=1S/C23H25NO6/c1-28-18-8-10-21(29-2)19(13-18)24-22(26)14-30-23(27)11-9-20(25)17-7-6-15-4-3-5-16(15)12-17/h6-8,10,12-13H,3-5,9,11,14H2,1-2H3,(H,24,26). The van der Waals surface area contributed by atoms with Crippen molar-refractivity contribution in [2.75, 3.05) is 26.1 Å². The Morgan fingerprint density at radius 2 is 1.73 bits per heavy atom. The van der Waals surface area contributed by atoms with E-state index in [2.05, 4.69) is 5.32 Å². The number of fused-ring (bicyclic) bond motifs is 1. The summed E-state index contributed by atoms with van der Waals surface area (Å²) < 4.78 is 15.3. The molecule has 1 aliphatic rings. The summed E-state index contributed by atoms with van der Waals surface area (Å²) in [5.74, 6) is -0.215. The maximum absolute atomic E-state index is 12.3. The lowest BCUT2D eigenvalue weighted by atomic mass is 10.0. The summed E-state index contributed by atoms with van der Waals surface area (Å²) in [6.07, 6.45) is 3.13. The van der Waals surface area contributed by atoms with Crippen LogP contribution in [0.25, 0.3) is 0 Å². The number of carbonyl (C=O) groups excluding carboxylic acids is 3. The van der Waals surface area contributed by atoms with E-state index in [-0.39, 0.29) is 18.6 Å². The average molecular weight is 411 g/mol. The quantitative estimate of drug-likeness (QED) is 0.503. The number of hydrogen-bond acceptors (Lipinski definition) is 6. The predicted octanol–water partition coefficient (Wildman–Crippen LogP) is 3.34. The zero-order valence-electron chi connectivity index (χ0n) is 17.2. The van der Waals surface area contributed by atoms with Gasteiger partial charge in [-0.05, 0) is 48.6 Å². The van der Waals surface area contributed by atoms with Gasteiger partial charge in [-0.1, -0.05) is 12.1 Å². The van der Waals surface area contributed by atoms with Gasteiger partial charge in [0.2, 0.25) is 0 Å². The Morgan fingerprint density at radius 3 is 2.50 bits per heavy atom. The molecule has 0 aromatic heterocycles. The highest BCUT2D eigenvalue weighted by atomic mass is 16.5. The van der Waals surface area contributed by atoms with Gasteiger partial charge < -0.3 is 19.5 Å². The van der Waals surface area contributed by atoms with Crippen LogP contribution < -0.4 is 14.8 Å². The van der Waals surface area contributed by atoms with Crippen LogP contribution in [0.1, 0.15) is 40.7 Å². The highest BCUT2D eigenvalue weighted by Crippen LogP contribution is 2.28. The third-order valence-electron chi connectivity index (χ3n) is 5.02. The van der Waals surface area contributed by atoms with Crippen LogP contribution in [-0.2, 0) is 27.2 Å². The fraction of sp³-hybridized carbons (Fsp3) is 0.348. The van der Waals surface area contributed by atoms with Crippen LogP contribution in [0.3, 0.4) is 0 Å². The Bertz CT molecular complexity index is 953. The van der Waals surface area contributed by atoms with Crippen molar-refractivity contribution in [3.8, 4) is 11.5 Å². The largest absolute Gasteiger partial charge is 0.497 e. The van der Waals surface area contributed by atoms with Gasteiger partial charge in [-0.25, -0.2) is 0 Å². The third kappa shape index (κ3) is 5.37. The number of hydrogen-bond donors (Lipinski definition) is 1. The number of carbonyl (C=O) groups is 3. The van der Waals surface area contributed by atoms with Crippen molar-refractivity contribution in [1.29, 1.82) is 0 Å². The van der Waals surface area contributed by atoms with Crippen molar-refractivity contribution in [1.82, 2.24) is 0 Å². The van der Waals surface area contributed by atoms with Gasteiger partial charge >= 0.3 is 5.97 Å². The first-order chi connectivity index (χ1) is 14.5. The van der Waals surface area contributed by atoms with Crippen LogP contribution in [0.5, 0.6) is 11.5 Å². The first-order valence-electron chi connectivity index (χ1n) is 9.82. The molecule has 7 nitrogen and oxygen atoms in total. The maximum atomic E-state index is 12.3. The molecule has 2 aromatic carbocycles. The van der Waals surface area contributed by atoms with Gasteiger partial charge in [0, 0.05) is 18.1 Å². The third-order valence-corrected chi connectivity index (χ3v) is 5.02. The molecule has 1 N–H and O–H groups in total. The molecule has 158 valence electrons. The number of amides is 1. The van der Waals surface area contributed by atoms with Crippen molar-refractivity contribution in [3.05, 3.63) is 53.1 Å². The van der Waals surface area contributed by atoms with Gasteiger partial charge in [0.05, 0.1) is 26.3 Å². The Morgan fingerprint density at radius 1 is 0.933 bits per heavy atom. The number of methoxy groups -OCH3 is 2. The lowest BCUT2D eigenvalue weighted by Crippen LogP contribution is -2.21. The molecule has 1 amide bonds. The number of ketones is 1. The highest BCUT2D eigenvalue weighted by Gasteiger charge is 2.16. The van der Waals surface area contributed by atoms with E-state index in [1.165, 1.54) is 25.3 Å². The smallest absolute Gasteiger partial charge is 0.306 e. The van der Waals surface area contributed by atoms with Crippen molar-refractivity contribution in [3.63, 3.8) is 0 Å². The second kappa shape index (κ2) is 9.91. The zero-order valence-corrected chi connectivity index (χ0v) is 17.2. The fourth-order valence-corrected chi connectivity index (χ4v) is 3.42. The number of rotatable bonds is 9. The van der Waals surface area contributed by atoms with E-state index in [1.54, 1.807) is 18.2 Å². The lowest BCUT2D eigenvalue weighted by Gasteiger charge is -2.12. The number of ether oxygens (including phenoxy) is 3. The monoisotopic (exact) mass is 411 g/mol. The second-order valence-corrected chi connectivity index (χ2v) is 7.04. The molecule has 0 atom stereocenters. The molecule has 0 heterocycles. The van der Waals surface area contributed by atoms with E-state index in [0.717, 1.165) is 19.3 Å². The molecule has 3 rings (SSSR count). The van der Waals surface area contributed by atoms with E-state index in [4.69, 9.17) is 14.2 Å². The van der Waals surface area contributed by atoms with Crippen molar-refractivity contribution >= 4 is 23.3 Å². The Kier molecular flexibility index (Phi) is 7.06. The Labute approximate surface area is 175 Å². The second-order valence-electron chi connectivity index (χ2n) is 7.04. The summed E-state index contributed by atoms with van der Waals surface area (Å²) in [7, 11) is 2.99. The van der Waals surface area contributed by atoms with E-state index in [9.17, 15) is 14.4 Å². The molecule has 0 aliphatic heterocycles. The summed E-state index contributed by atoms with van der Waals surface area (Å²) in [4.78, 5) is 36.4. The first-order valence-corrected chi connectivity index (χ1v) is 9.82. The topological polar surface area (TPSA) is 90.9 Å². The molecule has 0 radical (unpaired) electrons. The van der Waals surface area contributed by atoms with Gasteiger partial charge in [0.15, 0.2) is 12.4 Å². The van der Waals surface area contributed by atoms with Crippen LogP contribution in [0.2, 0.25) is 0 Å². The summed E-state index contributed by atoms with van der Waals surface area (Å²) in [6, 6.07) is 10.7. The zero-order chi connectivity index (χ0) is 21.5. The molecule has 0 unspecified atom stereocenters. The van der Waals surface area contributed by atoms with Crippen LogP contribution in [-0.4, -0.2) is 38.5 Å². The van der Waals surface area contributed by atoms with Crippen molar-refractivity contribution in [2.45, 2.75) is 32.1 Å². The number of aryl methyl sites for hydroxylation is 2. The number of Topliss-reactive ketones (excluding diaryl/α,β-unsaturated/α-hetero) is 1. The normalized spacial score (nSPS) is 12.1. The molecule has 0 bridgehead atoms. The van der Waals surface area contributed by atoms with Crippen LogP contribution in [0.4, 0.5) is 5.69 Å². The summed E-state index contributed by atoms with van der Waals surface area (Å²) in [5, 5.41) is 2.62. The van der Waals surface area contributed by atoms with Crippen molar-refractivity contribution < 1.29 is 28.6 Å². The van der Waals surface area contributed by atoms with Gasteiger partial charge in [-0.2, -0.15) is 0 Å². The minimum atomic E-state index is -0.600. The van der Waals surface area contributed by atoms with E-state index < -0.39 is 18.5 Å². The van der Waals surface area contributed by atoms with E-state index >= 15 is 0 Å². The Hall–Kier alpha value is -3.35. The molecule has 0 fully saturated rings. The average Bonchev–Trinajstić information content (AvgIpc) is 3.23. The van der Waals surface area contributed by atoms with Crippen LogP contribution in [0.15, 0.2) is 36.4 Å². The summed E-state index contributed by atoms with van der Waals surface area (Å²) >= 11 is 0. The lowest BCUT2D eigenvalue weighted by molar-refractivity contribution is -0.147. The van der Waals surface area contributed by atoms with Gasteiger partial charge in [0.1, 0.15) is 11.5 Å². The SMILES string of the molecule is COc1ccc(OC)c(NC(=O)COC(=O)CCC(=O)c2ccc3c(c2)CCC3)c1. The number of nitrogens with one attached hydrogen (secondary N) is 1. The highest BCUT2D eigenvalue weighted by molar-refractivity contribution is 5.98. The summed E-state index contributed by atoms with van der Waals surface area (Å²) in [5.41, 5.74) is 3.54. The molecule has 0 spiro atoms. The maximum Gasteiger partial charge on any atom is 0.306 e. The van der Waals surface area contributed by atoms with Crippen LogP contribution in [0, 0.1) is 0 Å². The van der Waals surface area contributed by atoms with Gasteiger partial charge in [0.25, 0.3) is 5.91 Å². The number of anilines is 1. The molecule has 2 aromatic rings. The minimum absolute atomic E-state index is 0.0446. The van der Waals surface area contributed by atoms with Crippen molar-refractivity contribution in [2.24, 2.45) is 0 Å². The Balaban J connectivity index is 1.45. The predicted molar refractivity (Wildman–Crippen MR) is 111 cm³/mol. The number of esters is 1. The molecule has 0 saturated carbocycles.